The predicted octanol–water partition coefficient (Wildman–Crippen LogP) is 6.05. The molecule has 0 bridgehead atoms. The Balaban J connectivity index is 1.94. The number of hydrogen-bond acceptors (Lipinski definition) is 1. The normalized spacial score (nSPS) is 11.3. The monoisotopic (exact) mass is 526 g/mol. The molecule has 0 saturated heterocycles. The van der Waals surface area contributed by atoms with Crippen molar-refractivity contribution in [3.8, 4) is 5.69 Å². The van der Waals surface area contributed by atoms with Crippen molar-refractivity contribution in [2.45, 2.75) is 13.8 Å². The van der Waals surface area contributed by atoms with Crippen LogP contribution in [0.1, 0.15) is 17.0 Å². The largest absolute Gasteiger partial charge is 0.318 e. The molecule has 1 heterocycles. The van der Waals surface area contributed by atoms with Crippen molar-refractivity contribution >= 4 is 57.1 Å². The van der Waals surface area contributed by atoms with Crippen molar-refractivity contribution in [3.63, 3.8) is 0 Å². The Bertz CT molecular complexity index is 844. The fourth-order valence-electron chi connectivity index (χ4n) is 2.58. The number of aliphatic imine (C=N–C) groups is 1. The van der Waals surface area contributed by atoms with Crippen molar-refractivity contribution < 1.29 is 0 Å². The highest BCUT2D eigenvalue weighted by Gasteiger charge is 2.09. The van der Waals surface area contributed by atoms with Gasteiger partial charge in [0, 0.05) is 36.0 Å². The van der Waals surface area contributed by atoms with Gasteiger partial charge in [-0.05, 0) is 114 Å². The minimum Gasteiger partial charge on any atom is -0.318 e. The molecule has 23 heavy (non-hydrogen) atoms. The summed E-state index contributed by atoms with van der Waals surface area (Å²) in [6.45, 7) is 4.27. The number of hydrogen-bond donors (Lipinski definition) is 0. The topological polar surface area (TPSA) is 17.3 Å². The number of rotatable bonds is 3. The van der Waals surface area contributed by atoms with Gasteiger partial charge < -0.3 is 4.57 Å². The van der Waals surface area contributed by atoms with E-state index in [0.29, 0.717) is 0 Å². The quantitative estimate of drug-likeness (QED) is 0.292. The summed E-state index contributed by atoms with van der Waals surface area (Å²) in [5.74, 6) is 0. The molecule has 0 atom stereocenters. The van der Waals surface area contributed by atoms with Crippen molar-refractivity contribution in [2.24, 2.45) is 4.99 Å². The second-order valence-electron chi connectivity index (χ2n) is 5.37. The van der Waals surface area contributed by atoms with E-state index in [-0.39, 0.29) is 0 Å². The Hall–Kier alpha value is -1.15. The van der Waals surface area contributed by atoms with Gasteiger partial charge in [0.1, 0.15) is 0 Å². The van der Waals surface area contributed by atoms with E-state index in [9.17, 15) is 0 Å². The van der Waals surface area contributed by atoms with Gasteiger partial charge in [0.15, 0.2) is 0 Å². The summed E-state index contributed by atoms with van der Waals surface area (Å²) in [5.41, 5.74) is 5.74. The fourth-order valence-corrected chi connectivity index (χ4v) is 3.30. The highest BCUT2D eigenvalue weighted by Crippen LogP contribution is 2.21. The van der Waals surface area contributed by atoms with Crippen LogP contribution in [0.3, 0.4) is 0 Å². The van der Waals surface area contributed by atoms with E-state index in [1.165, 1.54) is 24.2 Å². The maximum atomic E-state index is 4.60. The van der Waals surface area contributed by atoms with Gasteiger partial charge in [0.05, 0.1) is 5.69 Å². The molecule has 0 N–H and O–H groups in total. The first kappa shape index (κ1) is 16.7. The molecule has 2 nitrogen and oxygen atoms in total. The zero-order valence-electron chi connectivity index (χ0n) is 12.9. The summed E-state index contributed by atoms with van der Waals surface area (Å²) in [5, 5.41) is 0. The first-order valence-electron chi connectivity index (χ1n) is 7.29. The van der Waals surface area contributed by atoms with E-state index in [1.807, 2.05) is 18.3 Å². The lowest BCUT2D eigenvalue weighted by Gasteiger charge is -2.09. The number of aromatic nitrogens is 1. The molecule has 1 aromatic heterocycles. The molecule has 4 heteroatoms. The fraction of sp³-hybridized carbons (Fsp3) is 0.105. The average molecular weight is 526 g/mol. The third-order valence-electron chi connectivity index (χ3n) is 3.73. The molecule has 3 aromatic rings. The van der Waals surface area contributed by atoms with Crippen LogP contribution in [-0.2, 0) is 0 Å². The van der Waals surface area contributed by atoms with Crippen molar-refractivity contribution in [2.75, 3.05) is 0 Å². The second kappa shape index (κ2) is 7.17. The van der Waals surface area contributed by atoms with Crippen LogP contribution in [0.4, 0.5) is 5.69 Å². The maximum Gasteiger partial charge on any atom is 0.0630 e. The van der Waals surface area contributed by atoms with Crippen molar-refractivity contribution in [1.29, 1.82) is 0 Å². The summed E-state index contributed by atoms with van der Waals surface area (Å²) in [4.78, 5) is 4.60. The van der Waals surface area contributed by atoms with Gasteiger partial charge in [-0.25, -0.2) is 0 Å². The Morgan fingerprint density at radius 3 is 2.04 bits per heavy atom. The average Bonchev–Trinajstić information content (AvgIpc) is 2.82. The summed E-state index contributed by atoms with van der Waals surface area (Å²) in [6.07, 6.45) is 1.95. The second-order valence-corrected chi connectivity index (χ2v) is 7.86. The predicted molar refractivity (Wildman–Crippen MR) is 114 cm³/mol. The van der Waals surface area contributed by atoms with E-state index in [0.717, 1.165) is 11.3 Å². The molecule has 0 fully saturated rings. The van der Waals surface area contributed by atoms with Crippen LogP contribution in [0, 0.1) is 21.0 Å². The van der Waals surface area contributed by atoms with Gasteiger partial charge in [-0.3, -0.25) is 4.99 Å². The number of aryl methyl sites for hydroxylation is 1. The Kier molecular flexibility index (Phi) is 5.21. The SMILES string of the molecule is Cc1cc(C=Nc2ccc(I)cc2)c(C)n1-c1ccc(I)cc1. The summed E-state index contributed by atoms with van der Waals surface area (Å²) < 4.78 is 4.73. The molecule has 3 rings (SSSR count). The molecule has 0 aliphatic rings. The number of halogens is 2. The van der Waals surface area contributed by atoms with Gasteiger partial charge in [0.2, 0.25) is 0 Å². The maximum absolute atomic E-state index is 4.60. The summed E-state index contributed by atoms with van der Waals surface area (Å²) in [7, 11) is 0. The van der Waals surface area contributed by atoms with Gasteiger partial charge >= 0.3 is 0 Å². The van der Waals surface area contributed by atoms with E-state index >= 15 is 0 Å². The Morgan fingerprint density at radius 1 is 0.870 bits per heavy atom. The lowest BCUT2D eigenvalue weighted by molar-refractivity contribution is 0.964. The molecule has 0 spiro atoms. The standard InChI is InChI=1S/C19H16I2N2/c1-13-11-15(12-22-18-7-3-16(20)4-8-18)14(2)23(13)19-9-5-17(21)6-10-19/h3-12H,1-2H3. The minimum absolute atomic E-state index is 0.976. The molecular formula is C19H16I2N2. The van der Waals surface area contributed by atoms with E-state index < -0.39 is 0 Å². The van der Waals surface area contributed by atoms with Crippen LogP contribution < -0.4 is 0 Å². The van der Waals surface area contributed by atoms with Crippen molar-refractivity contribution in [1.82, 2.24) is 4.57 Å². The minimum atomic E-state index is 0.976. The highest BCUT2D eigenvalue weighted by molar-refractivity contribution is 14.1. The molecule has 0 unspecified atom stereocenters. The first-order valence-corrected chi connectivity index (χ1v) is 9.45. The molecule has 0 amide bonds. The van der Waals surface area contributed by atoms with Gasteiger partial charge in [-0.2, -0.15) is 0 Å². The van der Waals surface area contributed by atoms with Crippen molar-refractivity contribution in [3.05, 3.63) is 78.7 Å². The molecule has 2 aromatic carbocycles. The van der Waals surface area contributed by atoms with Gasteiger partial charge in [0.25, 0.3) is 0 Å². The smallest absolute Gasteiger partial charge is 0.0630 e. The van der Waals surface area contributed by atoms with Crippen LogP contribution in [-0.4, -0.2) is 10.8 Å². The van der Waals surface area contributed by atoms with E-state index in [4.69, 9.17) is 0 Å². The van der Waals surface area contributed by atoms with Crippen LogP contribution in [0.2, 0.25) is 0 Å². The number of nitrogens with zero attached hydrogens (tertiary/aromatic N) is 2. The third-order valence-corrected chi connectivity index (χ3v) is 5.17. The Labute approximate surface area is 163 Å². The molecule has 0 saturated carbocycles. The number of benzene rings is 2. The first-order chi connectivity index (χ1) is 11.0. The lowest BCUT2D eigenvalue weighted by Crippen LogP contribution is -1.99. The van der Waals surface area contributed by atoms with Crippen LogP contribution in [0.25, 0.3) is 5.69 Å². The molecule has 0 aliphatic heterocycles. The lowest BCUT2D eigenvalue weighted by atomic mass is 10.2. The molecule has 116 valence electrons. The van der Waals surface area contributed by atoms with E-state index in [1.54, 1.807) is 0 Å². The van der Waals surface area contributed by atoms with Crippen LogP contribution in [0.15, 0.2) is 59.6 Å². The van der Waals surface area contributed by atoms with Crippen LogP contribution in [0.5, 0.6) is 0 Å². The third kappa shape index (κ3) is 3.85. The molecular weight excluding hydrogens is 510 g/mol. The Morgan fingerprint density at radius 2 is 1.43 bits per heavy atom. The van der Waals surface area contributed by atoms with Gasteiger partial charge in [-0.1, -0.05) is 0 Å². The summed E-state index contributed by atoms with van der Waals surface area (Å²) >= 11 is 4.63. The molecule has 0 radical (unpaired) electrons. The zero-order valence-corrected chi connectivity index (χ0v) is 17.2. The van der Waals surface area contributed by atoms with E-state index in [2.05, 4.69) is 111 Å². The van der Waals surface area contributed by atoms with Crippen LogP contribution >= 0.6 is 45.2 Å². The van der Waals surface area contributed by atoms with Gasteiger partial charge in [-0.15, -0.1) is 0 Å². The highest BCUT2D eigenvalue weighted by atomic mass is 127. The summed E-state index contributed by atoms with van der Waals surface area (Å²) in [6, 6.07) is 19.0. The zero-order chi connectivity index (χ0) is 16.4. The molecule has 0 aliphatic carbocycles.